The van der Waals surface area contributed by atoms with Gasteiger partial charge in [0, 0.05) is 23.5 Å². The maximum Gasteiger partial charge on any atom is 0.271 e. The van der Waals surface area contributed by atoms with Crippen LogP contribution in [0.1, 0.15) is 31.1 Å². The van der Waals surface area contributed by atoms with Gasteiger partial charge < -0.3 is 5.32 Å². The van der Waals surface area contributed by atoms with Crippen LogP contribution in [0.5, 0.6) is 0 Å². The second kappa shape index (κ2) is 9.48. The summed E-state index contributed by atoms with van der Waals surface area (Å²) in [6.07, 6.45) is 3.62. The van der Waals surface area contributed by atoms with E-state index in [1.807, 2.05) is 67.7 Å². The van der Waals surface area contributed by atoms with Gasteiger partial charge in [0.25, 0.3) is 11.5 Å². The van der Waals surface area contributed by atoms with E-state index in [1.54, 1.807) is 28.3 Å². The van der Waals surface area contributed by atoms with E-state index in [1.165, 1.54) is 11.3 Å². The normalized spacial score (nSPS) is 15.6. The summed E-state index contributed by atoms with van der Waals surface area (Å²) in [5, 5.41) is 7.86. The van der Waals surface area contributed by atoms with Gasteiger partial charge in [0.15, 0.2) is 4.80 Å². The Hall–Kier alpha value is -3.75. The first kappa shape index (κ1) is 23.0. The Morgan fingerprint density at radius 2 is 1.89 bits per heavy atom. The predicted octanol–water partition coefficient (Wildman–Crippen LogP) is 3.74. The molecule has 0 saturated carbocycles. The number of hydrogen-bond donors (Lipinski definition) is 1. The fraction of sp³-hybridized carbons (Fsp3) is 0.154. The highest BCUT2D eigenvalue weighted by Gasteiger charge is 2.33. The Morgan fingerprint density at radius 1 is 1.14 bits per heavy atom. The van der Waals surface area contributed by atoms with Crippen LogP contribution < -0.4 is 20.2 Å². The van der Waals surface area contributed by atoms with Crippen molar-refractivity contribution in [3.05, 3.63) is 114 Å². The van der Waals surface area contributed by atoms with Gasteiger partial charge in [0.2, 0.25) is 0 Å². The molecular formula is C26H22ClN5O2S. The fourth-order valence-electron chi connectivity index (χ4n) is 4.09. The molecule has 1 unspecified atom stereocenters. The second-order valence-corrected chi connectivity index (χ2v) is 9.44. The number of amides is 1. The van der Waals surface area contributed by atoms with E-state index in [4.69, 9.17) is 11.6 Å². The zero-order valence-corrected chi connectivity index (χ0v) is 20.7. The molecule has 1 aliphatic rings. The van der Waals surface area contributed by atoms with E-state index < -0.39 is 6.04 Å². The summed E-state index contributed by atoms with van der Waals surface area (Å²) in [4.78, 5) is 32.4. The summed E-state index contributed by atoms with van der Waals surface area (Å²) in [5.41, 5.74) is 2.65. The van der Waals surface area contributed by atoms with Crippen LogP contribution in [-0.4, -0.2) is 20.3 Å². The van der Waals surface area contributed by atoms with Crippen LogP contribution in [0.15, 0.2) is 87.9 Å². The van der Waals surface area contributed by atoms with Gasteiger partial charge in [-0.25, -0.2) is 4.99 Å². The average Bonchev–Trinajstić information content (AvgIpc) is 3.43. The molecule has 35 heavy (non-hydrogen) atoms. The van der Waals surface area contributed by atoms with Crippen molar-refractivity contribution in [2.75, 3.05) is 5.32 Å². The Labute approximate surface area is 210 Å². The first-order chi connectivity index (χ1) is 17.0. The van der Waals surface area contributed by atoms with Gasteiger partial charge in [0.1, 0.15) is 0 Å². The smallest absolute Gasteiger partial charge is 0.271 e. The highest BCUT2D eigenvalue weighted by Crippen LogP contribution is 2.34. The second-order valence-electron chi connectivity index (χ2n) is 8.02. The van der Waals surface area contributed by atoms with Crippen LogP contribution in [0.3, 0.4) is 0 Å². The van der Waals surface area contributed by atoms with E-state index in [0.29, 0.717) is 42.6 Å². The molecule has 0 radical (unpaired) electrons. The Kier molecular flexibility index (Phi) is 6.23. The number of thiazole rings is 1. The fourth-order valence-corrected chi connectivity index (χ4v) is 5.36. The molecule has 0 saturated heterocycles. The standard InChI is InChI=1S/C26H22ClN5O2S/c1-3-31-14-13-18(30-31)15-21-25(34)32-23(19-11-7-8-12-20(19)27)22(16(2)28-26(32)35-21)24(33)29-17-9-5-4-6-10-17/h4-15,23H,3H2,1-2H3,(H,29,33). The maximum absolute atomic E-state index is 13.7. The molecule has 4 aromatic rings. The number of rotatable bonds is 5. The molecule has 176 valence electrons. The van der Waals surface area contributed by atoms with E-state index in [0.717, 1.165) is 6.54 Å². The van der Waals surface area contributed by atoms with Crippen molar-refractivity contribution in [1.82, 2.24) is 14.3 Å². The first-order valence-corrected chi connectivity index (χ1v) is 12.3. The van der Waals surface area contributed by atoms with Crippen molar-refractivity contribution in [3.8, 4) is 0 Å². The summed E-state index contributed by atoms with van der Waals surface area (Å²) in [5.74, 6) is -0.335. The molecule has 1 amide bonds. The minimum Gasteiger partial charge on any atom is -0.322 e. The molecule has 0 aliphatic carbocycles. The molecule has 2 aromatic heterocycles. The molecule has 9 heteroatoms. The third-order valence-corrected chi connectivity index (χ3v) is 7.09. The Balaban J connectivity index is 1.68. The van der Waals surface area contributed by atoms with Crippen LogP contribution in [0.2, 0.25) is 5.02 Å². The van der Waals surface area contributed by atoms with Gasteiger partial charge in [-0.05, 0) is 49.8 Å². The first-order valence-electron chi connectivity index (χ1n) is 11.1. The van der Waals surface area contributed by atoms with Crippen LogP contribution in [0.25, 0.3) is 6.08 Å². The third-order valence-electron chi connectivity index (χ3n) is 5.76. The van der Waals surface area contributed by atoms with Gasteiger partial charge in [-0.1, -0.05) is 59.3 Å². The minimum atomic E-state index is -0.723. The molecule has 5 rings (SSSR count). The number of fused-ring (bicyclic) bond motifs is 1. The van der Waals surface area contributed by atoms with Crippen molar-refractivity contribution >= 4 is 40.6 Å². The number of halogens is 1. The van der Waals surface area contributed by atoms with Crippen LogP contribution in [0.4, 0.5) is 5.69 Å². The molecule has 0 bridgehead atoms. The number of carbonyl (C=O) groups excluding carboxylic acids is 1. The molecule has 0 fully saturated rings. The number of allylic oxidation sites excluding steroid dienone is 1. The van der Waals surface area contributed by atoms with E-state index in [-0.39, 0.29) is 11.5 Å². The summed E-state index contributed by atoms with van der Waals surface area (Å²) in [6.45, 7) is 4.52. The SMILES string of the molecule is CCn1ccc(C=c2sc3n(c2=O)C(c2ccccc2Cl)C(C(=O)Nc2ccccc2)=C(C)N=3)n1. The number of nitrogens with zero attached hydrogens (tertiary/aromatic N) is 4. The zero-order valence-electron chi connectivity index (χ0n) is 19.1. The Bertz CT molecular complexity index is 1630. The molecule has 0 spiro atoms. The Morgan fingerprint density at radius 3 is 2.60 bits per heavy atom. The predicted molar refractivity (Wildman–Crippen MR) is 138 cm³/mol. The number of benzene rings is 2. The molecule has 1 atom stereocenters. The zero-order chi connectivity index (χ0) is 24.5. The summed E-state index contributed by atoms with van der Waals surface area (Å²) in [7, 11) is 0. The molecule has 1 N–H and O–H groups in total. The molecule has 1 aliphatic heterocycles. The van der Waals surface area contributed by atoms with Crippen molar-refractivity contribution in [2.45, 2.75) is 26.4 Å². The van der Waals surface area contributed by atoms with Crippen molar-refractivity contribution < 1.29 is 4.79 Å². The number of carbonyl (C=O) groups is 1. The van der Waals surface area contributed by atoms with Crippen LogP contribution in [-0.2, 0) is 11.3 Å². The number of aryl methyl sites for hydroxylation is 1. The molecule has 7 nitrogen and oxygen atoms in total. The summed E-state index contributed by atoms with van der Waals surface area (Å²) >= 11 is 7.86. The summed E-state index contributed by atoms with van der Waals surface area (Å²) < 4.78 is 3.84. The third kappa shape index (κ3) is 4.38. The highest BCUT2D eigenvalue weighted by molar-refractivity contribution is 7.07. The van der Waals surface area contributed by atoms with E-state index in [2.05, 4.69) is 15.4 Å². The lowest BCUT2D eigenvalue weighted by atomic mass is 9.95. The van der Waals surface area contributed by atoms with Crippen molar-refractivity contribution in [2.24, 2.45) is 4.99 Å². The van der Waals surface area contributed by atoms with Gasteiger partial charge in [-0.2, -0.15) is 5.10 Å². The van der Waals surface area contributed by atoms with Gasteiger partial charge in [-0.15, -0.1) is 0 Å². The molecule has 2 aromatic carbocycles. The number of para-hydroxylation sites is 1. The molecule has 3 heterocycles. The molecular weight excluding hydrogens is 482 g/mol. The lowest BCUT2D eigenvalue weighted by Gasteiger charge is -2.26. The average molecular weight is 504 g/mol. The number of anilines is 1. The van der Waals surface area contributed by atoms with Crippen LogP contribution in [0, 0.1) is 0 Å². The quantitative estimate of drug-likeness (QED) is 0.450. The van der Waals surface area contributed by atoms with Gasteiger partial charge in [0.05, 0.1) is 27.5 Å². The topological polar surface area (TPSA) is 81.3 Å². The summed E-state index contributed by atoms with van der Waals surface area (Å²) in [6, 6.07) is 17.6. The van der Waals surface area contributed by atoms with Crippen molar-refractivity contribution in [3.63, 3.8) is 0 Å². The monoisotopic (exact) mass is 503 g/mol. The number of nitrogens with one attached hydrogen (secondary N) is 1. The van der Waals surface area contributed by atoms with Crippen molar-refractivity contribution in [1.29, 1.82) is 0 Å². The lowest BCUT2D eigenvalue weighted by Crippen LogP contribution is -2.40. The van der Waals surface area contributed by atoms with E-state index in [9.17, 15) is 9.59 Å². The van der Waals surface area contributed by atoms with Gasteiger partial charge >= 0.3 is 0 Å². The lowest BCUT2D eigenvalue weighted by molar-refractivity contribution is -0.113. The van der Waals surface area contributed by atoms with E-state index >= 15 is 0 Å². The largest absolute Gasteiger partial charge is 0.322 e. The van der Waals surface area contributed by atoms with Gasteiger partial charge in [-0.3, -0.25) is 18.8 Å². The highest BCUT2D eigenvalue weighted by atomic mass is 35.5. The minimum absolute atomic E-state index is 0.248. The maximum atomic E-state index is 13.7. The number of aromatic nitrogens is 3. The number of hydrogen-bond acceptors (Lipinski definition) is 5. The van der Waals surface area contributed by atoms with Crippen LogP contribution >= 0.6 is 22.9 Å².